The molecular weight excluding hydrogens is 428 g/mol. The second-order valence-corrected chi connectivity index (χ2v) is 9.57. The SMILES string of the molecule is CCCCCCCCCCCC(=O)NC(C(=O)N(C)CCc1ccc(OC)c(OC)c1)C(C)C. The number of hydrogen-bond acceptors (Lipinski definition) is 4. The van der Waals surface area contributed by atoms with E-state index in [0.717, 1.165) is 18.4 Å². The van der Waals surface area contributed by atoms with Crippen LogP contribution in [0.1, 0.15) is 90.5 Å². The number of methoxy groups -OCH3 is 2. The van der Waals surface area contributed by atoms with Gasteiger partial charge in [-0.15, -0.1) is 0 Å². The highest BCUT2D eigenvalue weighted by Gasteiger charge is 2.26. The molecule has 1 atom stereocenters. The molecule has 1 aromatic rings. The maximum Gasteiger partial charge on any atom is 0.245 e. The Morgan fingerprint density at radius 1 is 0.912 bits per heavy atom. The van der Waals surface area contributed by atoms with Gasteiger partial charge in [0.25, 0.3) is 0 Å². The van der Waals surface area contributed by atoms with E-state index in [-0.39, 0.29) is 17.7 Å². The summed E-state index contributed by atoms with van der Waals surface area (Å²) in [7, 11) is 5.02. The highest BCUT2D eigenvalue weighted by molar-refractivity contribution is 5.87. The molecule has 34 heavy (non-hydrogen) atoms. The minimum Gasteiger partial charge on any atom is -0.493 e. The van der Waals surface area contributed by atoms with Gasteiger partial charge in [-0.2, -0.15) is 0 Å². The molecule has 0 radical (unpaired) electrons. The fourth-order valence-corrected chi connectivity index (χ4v) is 4.04. The first-order valence-corrected chi connectivity index (χ1v) is 13.1. The van der Waals surface area contributed by atoms with Gasteiger partial charge >= 0.3 is 0 Å². The third-order valence-corrected chi connectivity index (χ3v) is 6.32. The lowest BCUT2D eigenvalue weighted by atomic mass is 10.0. The number of likely N-dealkylation sites (N-methyl/N-ethyl adjacent to an activating group) is 1. The Kier molecular flexibility index (Phi) is 15.1. The fourth-order valence-electron chi connectivity index (χ4n) is 4.04. The van der Waals surface area contributed by atoms with Crippen molar-refractivity contribution in [1.29, 1.82) is 0 Å². The van der Waals surface area contributed by atoms with E-state index in [1.54, 1.807) is 26.2 Å². The standard InChI is InChI=1S/C28H48N2O4/c1-7-8-9-10-11-12-13-14-15-16-26(31)29-27(22(2)3)28(32)30(4)20-19-23-17-18-24(33-5)25(21-23)34-6/h17-18,21-22,27H,7-16,19-20H2,1-6H3,(H,29,31). The van der Waals surface area contributed by atoms with Gasteiger partial charge in [-0.3, -0.25) is 9.59 Å². The average molecular weight is 477 g/mol. The predicted octanol–water partition coefficient (Wildman–Crippen LogP) is 5.77. The number of carbonyl (C=O) groups is 2. The Bertz CT molecular complexity index is 720. The Hall–Kier alpha value is -2.24. The van der Waals surface area contributed by atoms with Crippen LogP contribution in [0.2, 0.25) is 0 Å². The van der Waals surface area contributed by atoms with Crippen molar-refractivity contribution in [3.8, 4) is 11.5 Å². The number of carbonyl (C=O) groups excluding carboxylic acids is 2. The van der Waals surface area contributed by atoms with Crippen LogP contribution >= 0.6 is 0 Å². The molecule has 0 saturated carbocycles. The van der Waals surface area contributed by atoms with Gasteiger partial charge in [0.05, 0.1) is 14.2 Å². The summed E-state index contributed by atoms with van der Waals surface area (Å²) >= 11 is 0. The van der Waals surface area contributed by atoms with E-state index >= 15 is 0 Å². The lowest BCUT2D eigenvalue weighted by Gasteiger charge is -2.27. The summed E-state index contributed by atoms with van der Waals surface area (Å²) in [5, 5.41) is 2.99. The Balaban J connectivity index is 2.42. The van der Waals surface area contributed by atoms with Gasteiger partial charge in [-0.1, -0.05) is 78.2 Å². The summed E-state index contributed by atoms with van der Waals surface area (Å²) in [5.41, 5.74) is 1.06. The lowest BCUT2D eigenvalue weighted by molar-refractivity contribution is -0.136. The van der Waals surface area contributed by atoms with Gasteiger partial charge in [0, 0.05) is 20.0 Å². The largest absolute Gasteiger partial charge is 0.493 e. The van der Waals surface area contributed by atoms with Crippen molar-refractivity contribution in [2.24, 2.45) is 5.92 Å². The van der Waals surface area contributed by atoms with E-state index < -0.39 is 6.04 Å². The lowest BCUT2D eigenvalue weighted by Crippen LogP contribution is -2.50. The van der Waals surface area contributed by atoms with E-state index in [1.807, 2.05) is 32.0 Å². The van der Waals surface area contributed by atoms with Gasteiger partial charge in [0.2, 0.25) is 11.8 Å². The molecule has 0 bridgehead atoms. The number of unbranched alkanes of at least 4 members (excludes halogenated alkanes) is 8. The van der Waals surface area contributed by atoms with Crippen LogP contribution in [0.4, 0.5) is 0 Å². The molecule has 0 saturated heterocycles. The van der Waals surface area contributed by atoms with E-state index in [0.29, 0.717) is 30.9 Å². The van der Waals surface area contributed by atoms with E-state index in [1.165, 1.54) is 44.9 Å². The molecule has 1 rings (SSSR count). The number of nitrogens with one attached hydrogen (secondary N) is 1. The average Bonchev–Trinajstić information content (AvgIpc) is 2.83. The number of ether oxygens (including phenoxy) is 2. The smallest absolute Gasteiger partial charge is 0.245 e. The van der Waals surface area contributed by atoms with Gasteiger partial charge < -0.3 is 19.7 Å². The summed E-state index contributed by atoms with van der Waals surface area (Å²) < 4.78 is 10.7. The molecule has 2 amide bonds. The second-order valence-electron chi connectivity index (χ2n) is 9.57. The number of hydrogen-bond donors (Lipinski definition) is 1. The molecule has 0 aliphatic rings. The zero-order valence-corrected chi connectivity index (χ0v) is 22.5. The Labute approximate surface area is 207 Å². The van der Waals surface area contributed by atoms with Crippen LogP contribution in [0.3, 0.4) is 0 Å². The predicted molar refractivity (Wildman–Crippen MR) is 139 cm³/mol. The van der Waals surface area contributed by atoms with Crippen LogP contribution in [0.15, 0.2) is 18.2 Å². The van der Waals surface area contributed by atoms with Crippen LogP contribution in [-0.2, 0) is 16.0 Å². The first kappa shape index (κ1) is 29.8. The van der Waals surface area contributed by atoms with Crippen molar-refractivity contribution >= 4 is 11.8 Å². The second kappa shape index (κ2) is 17.2. The summed E-state index contributed by atoms with van der Waals surface area (Å²) in [6, 6.07) is 5.29. The summed E-state index contributed by atoms with van der Waals surface area (Å²) in [4.78, 5) is 27.3. The van der Waals surface area contributed by atoms with Crippen molar-refractivity contribution in [3.63, 3.8) is 0 Å². The van der Waals surface area contributed by atoms with Crippen molar-refractivity contribution < 1.29 is 19.1 Å². The minimum absolute atomic E-state index is 0.0247. The summed E-state index contributed by atoms with van der Waals surface area (Å²) in [6.45, 7) is 6.75. The highest BCUT2D eigenvalue weighted by Crippen LogP contribution is 2.27. The maximum absolute atomic E-state index is 13.1. The van der Waals surface area contributed by atoms with Gasteiger partial charge in [-0.25, -0.2) is 0 Å². The maximum atomic E-state index is 13.1. The van der Waals surface area contributed by atoms with Crippen LogP contribution in [0, 0.1) is 5.92 Å². The van der Waals surface area contributed by atoms with Crippen LogP contribution in [-0.4, -0.2) is 50.6 Å². The van der Waals surface area contributed by atoms with Crippen molar-refractivity contribution in [2.45, 2.75) is 97.4 Å². The number of nitrogens with zero attached hydrogens (tertiary/aromatic N) is 1. The van der Waals surface area contributed by atoms with E-state index in [2.05, 4.69) is 12.2 Å². The van der Waals surface area contributed by atoms with E-state index in [4.69, 9.17) is 9.47 Å². The Morgan fingerprint density at radius 2 is 1.50 bits per heavy atom. The topological polar surface area (TPSA) is 67.9 Å². The molecule has 6 nitrogen and oxygen atoms in total. The van der Waals surface area contributed by atoms with Crippen molar-refractivity contribution in [3.05, 3.63) is 23.8 Å². The molecule has 0 aliphatic carbocycles. The molecule has 1 N–H and O–H groups in total. The minimum atomic E-state index is -0.499. The van der Waals surface area contributed by atoms with Crippen LogP contribution in [0.25, 0.3) is 0 Å². The first-order valence-electron chi connectivity index (χ1n) is 13.1. The van der Waals surface area contributed by atoms with Crippen LogP contribution < -0.4 is 14.8 Å². The third-order valence-electron chi connectivity index (χ3n) is 6.32. The van der Waals surface area contributed by atoms with E-state index in [9.17, 15) is 9.59 Å². The van der Waals surface area contributed by atoms with Crippen molar-refractivity contribution in [2.75, 3.05) is 27.8 Å². The number of amides is 2. The molecule has 1 unspecified atom stereocenters. The molecule has 0 aromatic heterocycles. The first-order chi connectivity index (χ1) is 16.3. The molecular formula is C28H48N2O4. The van der Waals surface area contributed by atoms with Crippen molar-refractivity contribution in [1.82, 2.24) is 10.2 Å². The van der Waals surface area contributed by atoms with Gasteiger partial charge in [0.1, 0.15) is 6.04 Å². The quantitative estimate of drug-likeness (QED) is 0.273. The molecule has 0 fully saturated rings. The number of rotatable bonds is 18. The molecule has 1 aromatic carbocycles. The molecule has 0 spiro atoms. The third kappa shape index (κ3) is 11.3. The molecule has 0 heterocycles. The molecule has 0 aliphatic heterocycles. The monoisotopic (exact) mass is 476 g/mol. The Morgan fingerprint density at radius 3 is 2.06 bits per heavy atom. The number of benzene rings is 1. The summed E-state index contributed by atoms with van der Waals surface area (Å²) in [6.07, 6.45) is 12.2. The van der Waals surface area contributed by atoms with Gasteiger partial charge in [0.15, 0.2) is 11.5 Å². The van der Waals surface area contributed by atoms with Gasteiger partial charge in [-0.05, 0) is 36.5 Å². The zero-order valence-electron chi connectivity index (χ0n) is 22.5. The molecule has 6 heteroatoms. The summed E-state index contributed by atoms with van der Waals surface area (Å²) in [5.74, 6) is 1.32. The van der Waals surface area contributed by atoms with Crippen LogP contribution in [0.5, 0.6) is 11.5 Å². The zero-order chi connectivity index (χ0) is 25.3. The molecule has 194 valence electrons. The normalized spacial score (nSPS) is 11.9. The highest BCUT2D eigenvalue weighted by atomic mass is 16.5. The fraction of sp³-hybridized carbons (Fsp3) is 0.714.